The van der Waals surface area contributed by atoms with Crippen LogP contribution in [-0.2, 0) is 10.0 Å². The molecule has 0 spiro atoms. The van der Waals surface area contributed by atoms with E-state index in [9.17, 15) is 8.42 Å². The van der Waals surface area contributed by atoms with Gasteiger partial charge in [0.15, 0.2) is 0 Å². The summed E-state index contributed by atoms with van der Waals surface area (Å²) in [6, 6.07) is 6.78. The average molecular weight is 242 g/mol. The quantitative estimate of drug-likeness (QED) is 0.828. The highest BCUT2D eigenvalue weighted by atomic mass is 32.2. The maximum Gasteiger partial charge on any atom is 0.242 e. The molecule has 0 aliphatic carbocycles. The highest BCUT2D eigenvalue weighted by molar-refractivity contribution is 7.89. The van der Waals surface area contributed by atoms with Crippen molar-refractivity contribution in [3.8, 4) is 0 Å². The number of sulfonamides is 1. The van der Waals surface area contributed by atoms with Crippen molar-refractivity contribution in [2.45, 2.75) is 31.7 Å². The first-order valence-electron chi connectivity index (χ1n) is 5.32. The minimum absolute atomic E-state index is 0.111. The Bertz CT molecular complexity index is 441. The molecule has 0 atom stereocenters. The summed E-state index contributed by atoms with van der Waals surface area (Å²) in [6.07, 6.45) is 0. The lowest BCUT2D eigenvalue weighted by Crippen LogP contribution is -2.30. The lowest BCUT2D eigenvalue weighted by molar-refractivity contribution is 0.570. The molecule has 0 aliphatic heterocycles. The van der Waals surface area contributed by atoms with Crippen molar-refractivity contribution < 1.29 is 8.42 Å². The second-order valence-electron chi connectivity index (χ2n) is 3.80. The Kier molecular flexibility index (Phi) is 4.32. The third-order valence-electron chi connectivity index (χ3n) is 1.93. The monoisotopic (exact) mass is 242 g/mol. The van der Waals surface area contributed by atoms with E-state index in [2.05, 4.69) is 10.0 Å². The molecule has 5 heteroatoms. The van der Waals surface area contributed by atoms with Gasteiger partial charge in [0.2, 0.25) is 10.0 Å². The summed E-state index contributed by atoms with van der Waals surface area (Å²) >= 11 is 0. The molecule has 0 radical (unpaired) electrons. The van der Waals surface area contributed by atoms with E-state index in [4.69, 9.17) is 0 Å². The SMILES string of the molecule is CCNc1ccccc1S(=O)(=O)NC(C)C. The maximum atomic E-state index is 12.0. The molecule has 90 valence electrons. The van der Waals surface area contributed by atoms with Gasteiger partial charge in [-0.3, -0.25) is 0 Å². The average Bonchev–Trinajstić information content (AvgIpc) is 2.17. The van der Waals surface area contributed by atoms with E-state index in [1.54, 1.807) is 32.0 Å². The van der Waals surface area contributed by atoms with E-state index in [0.29, 0.717) is 17.1 Å². The van der Waals surface area contributed by atoms with Crippen LogP contribution in [0.15, 0.2) is 29.2 Å². The Morgan fingerprint density at radius 2 is 1.88 bits per heavy atom. The number of rotatable bonds is 5. The molecule has 0 saturated carbocycles. The number of nitrogens with one attached hydrogen (secondary N) is 2. The summed E-state index contributed by atoms with van der Waals surface area (Å²) in [5.74, 6) is 0. The van der Waals surface area contributed by atoms with Gasteiger partial charge >= 0.3 is 0 Å². The lowest BCUT2D eigenvalue weighted by atomic mass is 10.3. The highest BCUT2D eigenvalue weighted by Gasteiger charge is 2.18. The molecule has 16 heavy (non-hydrogen) atoms. The first-order valence-corrected chi connectivity index (χ1v) is 6.81. The van der Waals surface area contributed by atoms with Crippen molar-refractivity contribution in [2.75, 3.05) is 11.9 Å². The van der Waals surface area contributed by atoms with Gasteiger partial charge in [-0.1, -0.05) is 12.1 Å². The first kappa shape index (κ1) is 13.0. The molecular formula is C11H18N2O2S. The Morgan fingerprint density at radius 3 is 2.44 bits per heavy atom. The summed E-state index contributed by atoms with van der Waals surface area (Å²) in [5, 5.41) is 3.04. The topological polar surface area (TPSA) is 58.2 Å². The fourth-order valence-corrected chi connectivity index (χ4v) is 2.85. The standard InChI is InChI=1S/C11H18N2O2S/c1-4-12-10-7-5-6-8-11(10)16(14,15)13-9(2)3/h5-9,12-13H,4H2,1-3H3. The number of hydrogen-bond donors (Lipinski definition) is 2. The number of benzene rings is 1. The molecule has 0 aliphatic rings. The molecule has 0 saturated heterocycles. The van der Waals surface area contributed by atoms with Crippen molar-refractivity contribution >= 4 is 15.7 Å². The largest absolute Gasteiger partial charge is 0.384 e. The van der Waals surface area contributed by atoms with Crippen molar-refractivity contribution in [1.82, 2.24) is 4.72 Å². The number of para-hydroxylation sites is 1. The Hall–Kier alpha value is -1.07. The second kappa shape index (κ2) is 5.32. The van der Waals surface area contributed by atoms with Gasteiger partial charge in [0.05, 0.1) is 5.69 Å². The van der Waals surface area contributed by atoms with Gasteiger partial charge in [-0.05, 0) is 32.9 Å². The summed E-state index contributed by atoms with van der Waals surface area (Å²) < 4.78 is 26.5. The van der Waals surface area contributed by atoms with Crippen LogP contribution in [0.1, 0.15) is 20.8 Å². The summed E-state index contributed by atoms with van der Waals surface area (Å²) in [6.45, 7) is 6.22. The first-order chi connectivity index (χ1) is 7.47. The predicted octanol–water partition coefficient (Wildman–Crippen LogP) is 1.81. The van der Waals surface area contributed by atoms with Crippen molar-refractivity contribution in [3.05, 3.63) is 24.3 Å². The van der Waals surface area contributed by atoms with Crippen LogP contribution in [0.3, 0.4) is 0 Å². The number of anilines is 1. The van der Waals surface area contributed by atoms with Gasteiger partial charge in [0.25, 0.3) is 0 Å². The zero-order valence-corrected chi connectivity index (χ0v) is 10.6. The molecule has 0 heterocycles. The smallest absolute Gasteiger partial charge is 0.242 e. The van der Waals surface area contributed by atoms with Gasteiger partial charge in [-0.25, -0.2) is 13.1 Å². The maximum absolute atomic E-state index is 12.0. The normalized spacial score (nSPS) is 11.8. The van der Waals surface area contributed by atoms with Crippen molar-refractivity contribution in [1.29, 1.82) is 0 Å². The van der Waals surface area contributed by atoms with Gasteiger partial charge in [-0.2, -0.15) is 0 Å². The minimum Gasteiger partial charge on any atom is -0.384 e. The Morgan fingerprint density at radius 1 is 1.25 bits per heavy atom. The summed E-state index contributed by atoms with van der Waals surface area (Å²) in [7, 11) is -3.42. The van der Waals surface area contributed by atoms with E-state index >= 15 is 0 Å². The summed E-state index contributed by atoms with van der Waals surface area (Å²) in [4.78, 5) is 0.297. The van der Waals surface area contributed by atoms with Crippen LogP contribution in [-0.4, -0.2) is 21.0 Å². The fourth-order valence-electron chi connectivity index (χ4n) is 1.41. The van der Waals surface area contributed by atoms with Gasteiger partial charge < -0.3 is 5.32 Å². The molecule has 1 aromatic rings. The van der Waals surface area contributed by atoms with Crippen LogP contribution >= 0.6 is 0 Å². The van der Waals surface area contributed by atoms with Gasteiger partial charge in [-0.15, -0.1) is 0 Å². The van der Waals surface area contributed by atoms with E-state index in [1.165, 1.54) is 0 Å². The molecular weight excluding hydrogens is 224 g/mol. The fraction of sp³-hybridized carbons (Fsp3) is 0.455. The highest BCUT2D eigenvalue weighted by Crippen LogP contribution is 2.20. The molecule has 2 N–H and O–H groups in total. The Balaban J connectivity index is 3.11. The Labute approximate surface area is 97.1 Å². The molecule has 0 amide bonds. The minimum atomic E-state index is -3.42. The van der Waals surface area contributed by atoms with E-state index in [1.807, 2.05) is 13.0 Å². The number of hydrogen-bond acceptors (Lipinski definition) is 3. The van der Waals surface area contributed by atoms with Crippen molar-refractivity contribution in [2.24, 2.45) is 0 Å². The van der Waals surface area contributed by atoms with Gasteiger partial charge in [0, 0.05) is 12.6 Å². The van der Waals surface area contributed by atoms with Crippen molar-refractivity contribution in [3.63, 3.8) is 0 Å². The second-order valence-corrected chi connectivity index (χ2v) is 5.48. The molecule has 0 fully saturated rings. The summed E-state index contributed by atoms with van der Waals surface area (Å²) in [5.41, 5.74) is 0.637. The molecule has 0 bridgehead atoms. The van der Waals surface area contributed by atoms with Crippen LogP contribution in [0.25, 0.3) is 0 Å². The zero-order valence-electron chi connectivity index (χ0n) is 9.82. The van der Waals surface area contributed by atoms with E-state index < -0.39 is 10.0 Å². The predicted molar refractivity (Wildman–Crippen MR) is 66.1 cm³/mol. The molecule has 1 aromatic carbocycles. The van der Waals surface area contributed by atoms with Crippen LogP contribution in [0.5, 0.6) is 0 Å². The molecule has 1 rings (SSSR count). The van der Waals surface area contributed by atoms with Crippen LogP contribution < -0.4 is 10.0 Å². The van der Waals surface area contributed by atoms with Crippen LogP contribution in [0.2, 0.25) is 0 Å². The molecule has 0 aromatic heterocycles. The van der Waals surface area contributed by atoms with Crippen LogP contribution in [0, 0.1) is 0 Å². The van der Waals surface area contributed by atoms with E-state index in [0.717, 1.165) is 0 Å². The van der Waals surface area contributed by atoms with Crippen LogP contribution in [0.4, 0.5) is 5.69 Å². The van der Waals surface area contributed by atoms with E-state index in [-0.39, 0.29) is 6.04 Å². The molecule has 4 nitrogen and oxygen atoms in total. The third-order valence-corrected chi connectivity index (χ3v) is 3.65. The lowest BCUT2D eigenvalue weighted by Gasteiger charge is -2.13. The zero-order chi connectivity index (χ0) is 12.2. The third kappa shape index (κ3) is 3.21. The molecule has 0 unspecified atom stereocenters. The van der Waals surface area contributed by atoms with Gasteiger partial charge in [0.1, 0.15) is 4.90 Å².